The molecule has 2 aliphatic carbocycles. The number of ether oxygens (including phenoxy) is 1. The molecule has 4 rings (SSSR count). The minimum absolute atomic E-state index is 0.00299. The molecule has 2 amide bonds. The largest absolute Gasteiger partial charge is 0.480 e. The van der Waals surface area contributed by atoms with Crippen molar-refractivity contribution in [3.63, 3.8) is 0 Å². The number of benzene rings is 2. The lowest BCUT2D eigenvalue weighted by molar-refractivity contribution is -0.146. The quantitative estimate of drug-likeness (QED) is 0.626. The Bertz CT molecular complexity index is 971. The van der Waals surface area contributed by atoms with Crippen LogP contribution in [0.2, 0.25) is 0 Å². The standard InChI is InChI=1S/C25H28N2O5/c1-16(24(30)27(14-23(28)29)17-10-11-17)12-13-26-25(31)32-15-22-20-8-4-2-6-18(20)19-7-3-5-9-21(19)22/h2-9,16-17,22H,10-15H2,1H3,(H,26,31)(H,28,29). The second-order valence-electron chi connectivity index (χ2n) is 8.53. The molecule has 7 heteroatoms. The van der Waals surface area contributed by atoms with Gasteiger partial charge >= 0.3 is 12.1 Å². The average Bonchev–Trinajstić information content (AvgIpc) is 3.58. The van der Waals surface area contributed by atoms with E-state index in [2.05, 4.69) is 29.6 Å². The van der Waals surface area contributed by atoms with E-state index < -0.39 is 12.1 Å². The number of fused-ring (bicyclic) bond motifs is 3. The van der Waals surface area contributed by atoms with Crippen molar-refractivity contribution in [2.75, 3.05) is 19.7 Å². The maximum Gasteiger partial charge on any atom is 0.407 e. The topological polar surface area (TPSA) is 95.9 Å². The van der Waals surface area contributed by atoms with Crippen LogP contribution >= 0.6 is 0 Å². The van der Waals surface area contributed by atoms with Crippen LogP contribution in [0.25, 0.3) is 11.1 Å². The molecule has 168 valence electrons. The summed E-state index contributed by atoms with van der Waals surface area (Å²) in [4.78, 5) is 37.3. The number of nitrogens with one attached hydrogen (secondary N) is 1. The number of rotatable bonds is 9. The van der Waals surface area contributed by atoms with Crippen LogP contribution in [0.4, 0.5) is 4.79 Å². The van der Waals surface area contributed by atoms with Gasteiger partial charge in [0.2, 0.25) is 5.91 Å². The maximum absolute atomic E-state index is 12.6. The van der Waals surface area contributed by atoms with Crippen molar-refractivity contribution in [2.45, 2.75) is 38.1 Å². The molecule has 2 aromatic carbocycles. The van der Waals surface area contributed by atoms with E-state index in [0.717, 1.165) is 24.0 Å². The molecule has 0 radical (unpaired) electrons. The number of aliphatic carboxylic acids is 1. The summed E-state index contributed by atoms with van der Waals surface area (Å²) >= 11 is 0. The molecule has 1 unspecified atom stereocenters. The van der Waals surface area contributed by atoms with Gasteiger partial charge in [0.25, 0.3) is 0 Å². The van der Waals surface area contributed by atoms with E-state index in [-0.39, 0.29) is 43.5 Å². The molecule has 0 aliphatic heterocycles. The molecule has 0 saturated heterocycles. The van der Waals surface area contributed by atoms with Crippen LogP contribution in [0.3, 0.4) is 0 Å². The number of carboxylic acid groups (broad SMARTS) is 1. The Kier molecular flexibility index (Phi) is 6.44. The first-order valence-electron chi connectivity index (χ1n) is 11.1. The molecule has 1 fully saturated rings. The lowest BCUT2D eigenvalue weighted by atomic mass is 9.98. The highest BCUT2D eigenvalue weighted by Gasteiger charge is 2.35. The minimum Gasteiger partial charge on any atom is -0.480 e. The van der Waals surface area contributed by atoms with Crippen molar-refractivity contribution in [1.29, 1.82) is 0 Å². The summed E-state index contributed by atoms with van der Waals surface area (Å²) in [5.41, 5.74) is 4.65. The molecule has 2 aromatic rings. The summed E-state index contributed by atoms with van der Waals surface area (Å²) in [7, 11) is 0. The van der Waals surface area contributed by atoms with Gasteiger partial charge in [-0.2, -0.15) is 0 Å². The third-order valence-corrected chi connectivity index (χ3v) is 6.19. The van der Waals surface area contributed by atoms with Gasteiger partial charge in [0.05, 0.1) is 0 Å². The number of carboxylic acids is 1. The first-order chi connectivity index (χ1) is 15.5. The van der Waals surface area contributed by atoms with Gasteiger partial charge < -0.3 is 20.1 Å². The van der Waals surface area contributed by atoms with Gasteiger partial charge in [-0.3, -0.25) is 9.59 Å². The molecule has 1 atom stereocenters. The van der Waals surface area contributed by atoms with E-state index >= 15 is 0 Å². The van der Waals surface area contributed by atoms with Crippen molar-refractivity contribution in [3.8, 4) is 11.1 Å². The van der Waals surface area contributed by atoms with E-state index in [1.807, 2.05) is 24.3 Å². The molecule has 0 heterocycles. The molecule has 0 spiro atoms. The molecule has 0 aromatic heterocycles. The van der Waals surface area contributed by atoms with Gasteiger partial charge in [0.15, 0.2) is 0 Å². The molecule has 1 saturated carbocycles. The SMILES string of the molecule is CC(CCNC(=O)OCC1c2ccccc2-c2ccccc21)C(=O)N(CC(=O)O)C1CC1. The second-order valence-corrected chi connectivity index (χ2v) is 8.53. The van der Waals surface area contributed by atoms with E-state index in [0.29, 0.717) is 6.42 Å². The van der Waals surface area contributed by atoms with Gasteiger partial charge in [-0.15, -0.1) is 0 Å². The Morgan fingerprint density at radius 1 is 1.06 bits per heavy atom. The third-order valence-electron chi connectivity index (χ3n) is 6.19. The van der Waals surface area contributed by atoms with Crippen LogP contribution < -0.4 is 5.32 Å². The number of nitrogens with zero attached hydrogens (tertiary/aromatic N) is 1. The summed E-state index contributed by atoms with van der Waals surface area (Å²) in [6.07, 6.45) is 1.61. The molecular weight excluding hydrogens is 408 g/mol. The zero-order valence-corrected chi connectivity index (χ0v) is 18.1. The summed E-state index contributed by atoms with van der Waals surface area (Å²) in [6, 6.07) is 16.3. The Morgan fingerprint density at radius 2 is 1.66 bits per heavy atom. The zero-order valence-electron chi connectivity index (χ0n) is 18.1. The van der Waals surface area contributed by atoms with Crippen LogP contribution in [-0.4, -0.2) is 53.7 Å². The zero-order chi connectivity index (χ0) is 22.7. The molecule has 2 N–H and O–H groups in total. The van der Waals surface area contributed by atoms with Crippen LogP contribution in [0, 0.1) is 5.92 Å². The van der Waals surface area contributed by atoms with Gasteiger partial charge in [0, 0.05) is 24.4 Å². The lowest BCUT2D eigenvalue weighted by Gasteiger charge is -2.24. The highest BCUT2D eigenvalue weighted by Crippen LogP contribution is 2.44. The molecule has 2 aliphatic rings. The maximum atomic E-state index is 12.6. The summed E-state index contributed by atoms with van der Waals surface area (Å²) in [5.74, 6) is -1.56. The van der Waals surface area contributed by atoms with Gasteiger partial charge in [-0.25, -0.2) is 4.79 Å². The Hall–Kier alpha value is -3.35. The highest BCUT2D eigenvalue weighted by atomic mass is 16.5. The van der Waals surface area contributed by atoms with Crippen molar-refractivity contribution >= 4 is 18.0 Å². The number of hydrogen-bond acceptors (Lipinski definition) is 4. The van der Waals surface area contributed by atoms with E-state index in [9.17, 15) is 14.4 Å². The third kappa shape index (κ3) is 4.77. The Morgan fingerprint density at radius 3 is 2.22 bits per heavy atom. The number of amides is 2. The van der Waals surface area contributed by atoms with Crippen molar-refractivity contribution in [2.24, 2.45) is 5.92 Å². The monoisotopic (exact) mass is 436 g/mol. The van der Waals surface area contributed by atoms with Gasteiger partial charge in [-0.05, 0) is 41.5 Å². The predicted octanol–water partition coefficient (Wildman–Crippen LogP) is 3.63. The highest BCUT2D eigenvalue weighted by molar-refractivity contribution is 5.83. The van der Waals surface area contributed by atoms with E-state index in [4.69, 9.17) is 9.84 Å². The van der Waals surface area contributed by atoms with Gasteiger partial charge in [0.1, 0.15) is 13.2 Å². The molecule has 7 nitrogen and oxygen atoms in total. The number of carbonyl (C=O) groups is 3. The van der Waals surface area contributed by atoms with E-state index in [1.54, 1.807) is 6.92 Å². The minimum atomic E-state index is -1.01. The second kappa shape index (κ2) is 9.42. The first-order valence-corrected chi connectivity index (χ1v) is 11.1. The molecular formula is C25H28N2O5. The van der Waals surface area contributed by atoms with Crippen molar-refractivity contribution < 1.29 is 24.2 Å². The van der Waals surface area contributed by atoms with Gasteiger partial charge in [-0.1, -0.05) is 55.5 Å². The van der Waals surface area contributed by atoms with E-state index in [1.165, 1.54) is 16.0 Å². The number of carbonyl (C=O) groups excluding carboxylic acids is 2. The molecule has 0 bridgehead atoms. The van der Waals surface area contributed by atoms with Crippen molar-refractivity contribution in [1.82, 2.24) is 10.2 Å². The van der Waals surface area contributed by atoms with Crippen LogP contribution in [0.15, 0.2) is 48.5 Å². The number of alkyl carbamates (subject to hydrolysis) is 1. The Labute approximate surface area is 187 Å². The lowest BCUT2D eigenvalue weighted by Crippen LogP contribution is -2.41. The number of hydrogen-bond donors (Lipinski definition) is 2. The first kappa shape index (κ1) is 21.9. The van der Waals surface area contributed by atoms with Crippen LogP contribution in [0.1, 0.15) is 43.2 Å². The summed E-state index contributed by atoms with van der Waals surface area (Å²) < 4.78 is 5.51. The smallest absolute Gasteiger partial charge is 0.407 e. The van der Waals surface area contributed by atoms with Crippen molar-refractivity contribution in [3.05, 3.63) is 59.7 Å². The fourth-order valence-electron chi connectivity index (χ4n) is 4.37. The fraction of sp³-hybridized carbons (Fsp3) is 0.400. The van der Waals surface area contributed by atoms with Crippen LogP contribution in [-0.2, 0) is 14.3 Å². The average molecular weight is 437 g/mol. The predicted molar refractivity (Wildman–Crippen MR) is 119 cm³/mol. The summed E-state index contributed by atoms with van der Waals surface area (Å²) in [6.45, 7) is 2.02. The molecule has 32 heavy (non-hydrogen) atoms. The fourth-order valence-corrected chi connectivity index (χ4v) is 4.37. The van der Waals surface area contributed by atoms with Crippen LogP contribution in [0.5, 0.6) is 0 Å². The summed E-state index contributed by atoms with van der Waals surface area (Å²) in [5, 5.41) is 11.8. The Balaban J connectivity index is 1.26. The normalized spacial score (nSPS) is 15.4.